The van der Waals surface area contributed by atoms with Gasteiger partial charge in [0.25, 0.3) is 0 Å². The zero-order valence-corrected chi connectivity index (χ0v) is 28.4. The molecule has 220 valence electrons. The number of hydrogen-bond acceptors (Lipinski definition) is 2. The number of nitrogens with zero attached hydrogens (tertiary/aromatic N) is 2. The third-order valence-corrected chi connectivity index (χ3v) is 9.10. The Kier molecular flexibility index (Phi) is 12.1. The van der Waals surface area contributed by atoms with E-state index in [1.807, 2.05) is 18.2 Å². The maximum atomic E-state index is 7.44. The summed E-state index contributed by atoms with van der Waals surface area (Å²) < 4.78 is 1.77. The quantitative estimate of drug-likeness (QED) is 0.142. The Hall–Kier alpha value is -1.87. The van der Waals surface area contributed by atoms with Gasteiger partial charge in [0.15, 0.2) is 0 Å². The summed E-state index contributed by atoms with van der Waals surface area (Å²) in [7, 11) is 11.3. The van der Waals surface area contributed by atoms with E-state index in [1.54, 1.807) is 10.7 Å². The van der Waals surface area contributed by atoms with Crippen LogP contribution in [0.5, 0.6) is 5.75 Å². The van der Waals surface area contributed by atoms with Crippen molar-refractivity contribution in [1.29, 1.82) is 0 Å². The van der Waals surface area contributed by atoms with Crippen molar-refractivity contribution >= 4 is 35.4 Å². The van der Waals surface area contributed by atoms with Crippen LogP contribution in [0.4, 0.5) is 11.4 Å². The molecule has 0 aliphatic carbocycles. The van der Waals surface area contributed by atoms with Crippen molar-refractivity contribution in [2.75, 3.05) is 22.9 Å². The van der Waals surface area contributed by atoms with Crippen LogP contribution >= 0.6 is 19.4 Å². The van der Waals surface area contributed by atoms with Gasteiger partial charge in [0.05, 0.1) is 0 Å². The molecule has 1 aliphatic heterocycles. The molecule has 0 radical (unpaired) electrons. The van der Waals surface area contributed by atoms with E-state index in [9.17, 15) is 0 Å². The molecule has 0 unspecified atom stereocenters. The van der Waals surface area contributed by atoms with Gasteiger partial charge in [-0.3, -0.25) is 0 Å². The molecule has 6 heteroatoms. The molecule has 40 heavy (non-hydrogen) atoms. The molecule has 0 saturated carbocycles. The van der Waals surface area contributed by atoms with Crippen molar-refractivity contribution in [3.63, 3.8) is 0 Å². The Morgan fingerprint density at radius 2 is 1.02 bits per heavy atom. The normalized spacial score (nSPS) is 13.8. The molecule has 1 saturated heterocycles. The summed E-state index contributed by atoms with van der Waals surface area (Å²) in [6, 6.07) is 20.9. The van der Waals surface area contributed by atoms with Gasteiger partial charge in [-0.25, -0.2) is 0 Å². The van der Waals surface area contributed by atoms with E-state index in [1.165, 1.54) is 33.6 Å². The minimum atomic E-state index is -1.76. The third-order valence-electron chi connectivity index (χ3n) is 7.27. The number of para-hydroxylation sites is 3. The summed E-state index contributed by atoms with van der Waals surface area (Å²) >= 11 is -1.76. The molecule has 0 amide bonds. The summed E-state index contributed by atoms with van der Waals surface area (Å²) in [5.74, 6) is 2.54. The number of rotatable bonds is 7. The Balaban J connectivity index is 0.000000336. The van der Waals surface area contributed by atoms with Crippen molar-refractivity contribution in [2.45, 2.75) is 79.1 Å². The topological polar surface area (TPSA) is 29.4 Å². The predicted octanol–water partition coefficient (Wildman–Crippen LogP) is 9.83. The number of benzene rings is 3. The van der Waals surface area contributed by atoms with E-state index in [4.69, 9.17) is 24.5 Å². The average Bonchev–Trinajstić information content (AvgIpc) is 3.38. The first kappa shape index (κ1) is 32.6. The van der Waals surface area contributed by atoms with Crippen LogP contribution in [-0.4, -0.2) is 22.8 Å². The van der Waals surface area contributed by atoms with Crippen LogP contribution < -0.4 is 9.80 Å². The van der Waals surface area contributed by atoms with E-state index >= 15 is 0 Å². The van der Waals surface area contributed by atoms with Gasteiger partial charge in [-0.05, 0) is 45.9 Å². The fourth-order valence-electron chi connectivity index (χ4n) is 5.19. The van der Waals surface area contributed by atoms with Crippen LogP contribution in [0.1, 0.15) is 107 Å². The average molecular weight is 671 g/mol. The first-order chi connectivity index (χ1) is 18.9. The van der Waals surface area contributed by atoms with E-state index in [-0.39, 0.29) is 0 Å². The SMILES string of the molecule is CC(C)c1cccc(C(C)C)c1N1[CH-]N(c2c(C(C)C)cccc2C(C)C)CC1.[OH2+]c1ccccc1[CH]=[Ru]([Cl])[Cl]. The molecule has 0 aromatic heterocycles. The molecule has 1 aliphatic rings. The summed E-state index contributed by atoms with van der Waals surface area (Å²) in [6.45, 7) is 22.9. The molecular formula is C34H46Cl2N2ORu. The van der Waals surface area contributed by atoms with Crippen LogP contribution in [0, 0.1) is 6.67 Å². The van der Waals surface area contributed by atoms with Crippen LogP contribution in [-0.2, 0) is 13.5 Å². The van der Waals surface area contributed by atoms with E-state index < -0.39 is 13.5 Å². The van der Waals surface area contributed by atoms with E-state index in [2.05, 4.69) is 108 Å². The molecule has 0 atom stereocenters. The molecule has 4 rings (SSSR count). The minimum absolute atomic E-state index is 0.479. The van der Waals surface area contributed by atoms with Crippen LogP contribution in [0.15, 0.2) is 60.7 Å². The summed E-state index contributed by atoms with van der Waals surface area (Å²) in [6.07, 6.45) is 0. The van der Waals surface area contributed by atoms with Crippen molar-refractivity contribution < 1.29 is 18.6 Å². The van der Waals surface area contributed by atoms with E-state index in [0.717, 1.165) is 18.7 Å². The summed E-state index contributed by atoms with van der Waals surface area (Å²) in [5, 5.41) is 7.44. The third kappa shape index (κ3) is 8.12. The molecule has 3 aromatic rings. The van der Waals surface area contributed by atoms with Gasteiger partial charge in [0.2, 0.25) is 0 Å². The van der Waals surface area contributed by atoms with Crippen molar-refractivity contribution in [2.24, 2.45) is 0 Å². The molecule has 2 N–H and O–H groups in total. The second-order valence-corrected chi connectivity index (χ2v) is 17.3. The second kappa shape index (κ2) is 14.9. The van der Waals surface area contributed by atoms with Gasteiger partial charge < -0.3 is 9.80 Å². The standard InChI is InChI=1S/C27H39N2.C7H6O.2ClH.Ru/c1-18(2)22-11-9-12-23(19(3)4)26(22)28-15-16-29(17-28)27-24(20(5)6)13-10-14-25(27)21(7)8;1-6-4-2-3-5-7(6)8;;;/h9-14,17-21H,15-16H2,1-8H3;1-5,8H;2*1H;/q-1;;;;+2/p-1. The first-order valence-electron chi connectivity index (χ1n) is 14.2. The van der Waals surface area contributed by atoms with Crippen molar-refractivity contribution in [1.82, 2.24) is 0 Å². The van der Waals surface area contributed by atoms with Gasteiger partial charge >= 0.3 is 78.2 Å². The van der Waals surface area contributed by atoms with Crippen LogP contribution in [0.25, 0.3) is 0 Å². The predicted molar refractivity (Wildman–Crippen MR) is 175 cm³/mol. The second-order valence-electron chi connectivity index (χ2n) is 11.6. The van der Waals surface area contributed by atoms with Gasteiger partial charge in [0.1, 0.15) is 0 Å². The van der Waals surface area contributed by atoms with Crippen LogP contribution in [0.3, 0.4) is 0 Å². The van der Waals surface area contributed by atoms with Gasteiger partial charge in [0, 0.05) is 24.5 Å². The van der Waals surface area contributed by atoms with Gasteiger partial charge in [-0.1, -0.05) is 91.8 Å². The molecule has 1 heterocycles. The zero-order valence-electron chi connectivity index (χ0n) is 25.2. The van der Waals surface area contributed by atoms with Crippen molar-refractivity contribution in [3.8, 4) is 5.75 Å². The number of halogens is 2. The monoisotopic (exact) mass is 670 g/mol. The Morgan fingerprint density at radius 1 is 0.650 bits per heavy atom. The Morgan fingerprint density at radius 3 is 1.35 bits per heavy atom. The Labute approximate surface area is 255 Å². The molecular weight excluding hydrogens is 624 g/mol. The van der Waals surface area contributed by atoms with E-state index in [0.29, 0.717) is 29.4 Å². The number of hydrogen-bond donors (Lipinski definition) is 0. The molecule has 0 bridgehead atoms. The fraction of sp³-hybridized carbons (Fsp3) is 0.412. The molecule has 3 aromatic carbocycles. The molecule has 3 nitrogen and oxygen atoms in total. The zero-order chi connectivity index (χ0) is 29.6. The van der Waals surface area contributed by atoms with Gasteiger partial charge in [-0.15, -0.1) is 0 Å². The molecule has 1 fully saturated rings. The van der Waals surface area contributed by atoms with Gasteiger partial charge in [-0.2, -0.15) is 6.67 Å². The number of anilines is 2. The van der Waals surface area contributed by atoms with Crippen LogP contribution in [0.2, 0.25) is 0 Å². The maximum absolute atomic E-state index is 7.44. The summed E-state index contributed by atoms with van der Waals surface area (Å²) in [5.41, 5.74) is 9.50. The first-order valence-corrected chi connectivity index (χ1v) is 19.7. The summed E-state index contributed by atoms with van der Waals surface area (Å²) in [4.78, 5) is 5.01. The van der Waals surface area contributed by atoms with Crippen molar-refractivity contribution in [3.05, 3.63) is 95.1 Å². The fourth-order valence-corrected chi connectivity index (χ4v) is 7.02. The molecule has 0 spiro atoms. The Bertz CT molecular complexity index is 1180.